The largest absolute Gasteiger partial charge is 0.497 e. The molecule has 0 spiro atoms. The number of hydrogen-bond acceptors (Lipinski definition) is 5. The van der Waals surface area contributed by atoms with Crippen LogP contribution in [0, 0.1) is 0 Å². The summed E-state index contributed by atoms with van der Waals surface area (Å²) >= 11 is 0. The molecule has 102 valence electrons. The van der Waals surface area contributed by atoms with Crippen LogP contribution in [-0.4, -0.2) is 49.7 Å². The smallest absolute Gasteiger partial charge is 0.123 e. The molecule has 5 heteroatoms. The molecule has 0 saturated carbocycles. The number of aliphatic hydroxyl groups is 2. The fraction of sp³-hybridized carbons (Fsp3) is 0.538. The summed E-state index contributed by atoms with van der Waals surface area (Å²) in [5.41, 5.74) is 0. The molecule has 0 saturated heterocycles. The van der Waals surface area contributed by atoms with E-state index < -0.39 is 6.10 Å². The van der Waals surface area contributed by atoms with Gasteiger partial charge < -0.3 is 25.0 Å². The third-order valence-corrected chi connectivity index (χ3v) is 2.38. The second-order valence-corrected chi connectivity index (χ2v) is 3.93. The molecule has 0 amide bonds. The van der Waals surface area contributed by atoms with Crippen LogP contribution in [0.2, 0.25) is 0 Å². The minimum Gasteiger partial charge on any atom is -0.497 e. The van der Waals surface area contributed by atoms with Crippen LogP contribution in [0.4, 0.5) is 0 Å². The Labute approximate surface area is 107 Å². The Morgan fingerprint density at radius 3 is 2.83 bits per heavy atom. The topological polar surface area (TPSA) is 71.0 Å². The number of nitrogens with one attached hydrogen (secondary N) is 1. The highest BCUT2D eigenvalue weighted by Crippen LogP contribution is 2.18. The van der Waals surface area contributed by atoms with Crippen LogP contribution >= 0.6 is 0 Å². The van der Waals surface area contributed by atoms with Gasteiger partial charge in [-0.05, 0) is 25.1 Å². The van der Waals surface area contributed by atoms with Gasteiger partial charge in [0.05, 0.1) is 7.11 Å². The molecule has 0 aliphatic heterocycles. The van der Waals surface area contributed by atoms with Crippen LogP contribution in [0.25, 0.3) is 0 Å². The molecule has 18 heavy (non-hydrogen) atoms. The first-order valence-corrected chi connectivity index (χ1v) is 6.02. The molecule has 0 heterocycles. The van der Waals surface area contributed by atoms with Crippen LogP contribution in [0.3, 0.4) is 0 Å². The van der Waals surface area contributed by atoms with Crippen molar-refractivity contribution in [3.63, 3.8) is 0 Å². The summed E-state index contributed by atoms with van der Waals surface area (Å²) in [6.45, 7) is 1.51. The molecule has 1 atom stereocenters. The zero-order valence-electron chi connectivity index (χ0n) is 10.6. The Bertz CT molecular complexity index is 333. The second-order valence-electron chi connectivity index (χ2n) is 3.93. The van der Waals surface area contributed by atoms with Gasteiger partial charge in [-0.1, -0.05) is 6.07 Å². The van der Waals surface area contributed by atoms with Gasteiger partial charge in [-0.25, -0.2) is 0 Å². The van der Waals surface area contributed by atoms with E-state index in [1.54, 1.807) is 13.2 Å². The minimum absolute atomic E-state index is 0.156. The highest BCUT2D eigenvalue weighted by Gasteiger charge is 2.05. The van der Waals surface area contributed by atoms with E-state index in [0.717, 1.165) is 5.75 Å². The van der Waals surface area contributed by atoms with E-state index >= 15 is 0 Å². The molecule has 0 aromatic heterocycles. The van der Waals surface area contributed by atoms with Gasteiger partial charge in [0.25, 0.3) is 0 Å². The molecule has 0 aliphatic carbocycles. The summed E-state index contributed by atoms with van der Waals surface area (Å²) in [5, 5.41) is 21.3. The summed E-state index contributed by atoms with van der Waals surface area (Å²) < 4.78 is 10.5. The van der Waals surface area contributed by atoms with Crippen molar-refractivity contribution in [2.24, 2.45) is 0 Å². The predicted molar refractivity (Wildman–Crippen MR) is 69.1 cm³/mol. The molecular formula is C13H21NO4. The van der Waals surface area contributed by atoms with Gasteiger partial charge in [0.1, 0.15) is 24.2 Å². The van der Waals surface area contributed by atoms with Crippen LogP contribution in [0.1, 0.15) is 6.42 Å². The maximum atomic E-state index is 9.66. The summed E-state index contributed by atoms with van der Waals surface area (Å²) in [6, 6.07) is 7.25. The molecule has 0 fully saturated rings. The first kappa shape index (κ1) is 14.8. The van der Waals surface area contributed by atoms with E-state index in [1.807, 2.05) is 18.2 Å². The average Bonchev–Trinajstić information content (AvgIpc) is 2.41. The molecular weight excluding hydrogens is 234 g/mol. The van der Waals surface area contributed by atoms with E-state index in [-0.39, 0.29) is 13.2 Å². The summed E-state index contributed by atoms with van der Waals surface area (Å²) in [4.78, 5) is 0. The number of aliphatic hydroxyl groups excluding tert-OH is 2. The van der Waals surface area contributed by atoms with Gasteiger partial charge >= 0.3 is 0 Å². The van der Waals surface area contributed by atoms with Gasteiger partial charge in [-0.15, -0.1) is 0 Å². The van der Waals surface area contributed by atoms with Crippen LogP contribution in [0.5, 0.6) is 11.5 Å². The van der Waals surface area contributed by atoms with Gasteiger partial charge in [0.15, 0.2) is 0 Å². The fourth-order valence-corrected chi connectivity index (χ4v) is 1.42. The lowest BCUT2D eigenvalue weighted by molar-refractivity contribution is 0.106. The maximum absolute atomic E-state index is 9.66. The van der Waals surface area contributed by atoms with E-state index in [0.29, 0.717) is 25.3 Å². The first-order valence-electron chi connectivity index (χ1n) is 6.02. The van der Waals surface area contributed by atoms with Crippen molar-refractivity contribution in [3.05, 3.63) is 24.3 Å². The van der Waals surface area contributed by atoms with Crippen molar-refractivity contribution >= 4 is 0 Å². The minimum atomic E-state index is -0.574. The molecule has 5 nitrogen and oxygen atoms in total. The van der Waals surface area contributed by atoms with Crippen molar-refractivity contribution in [2.45, 2.75) is 12.5 Å². The number of benzene rings is 1. The third kappa shape index (κ3) is 5.86. The van der Waals surface area contributed by atoms with E-state index in [4.69, 9.17) is 14.6 Å². The summed E-state index contributed by atoms with van der Waals surface area (Å²) in [7, 11) is 1.60. The number of methoxy groups -OCH3 is 1. The molecule has 0 bridgehead atoms. The van der Waals surface area contributed by atoms with Crippen molar-refractivity contribution in [1.82, 2.24) is 5.32 Å². The maximum Gasteiger partial charge on any atom is 0.123 e. The fourth-order valence-electron chi connectivity index (χ4n) is 1.42. The van der Waals surface area contributed by atoms with Crippen molar-refractivity contribution in [1.29, 1.82) is 0 Å². The Balaban J connectivity index is 2.22. The van der Waals surface area contributed by atoms with Gasteiger partial charge in [-0.2, -0.15) is 0 Å². The second kappa shape index (κ2) is 8.74. The van der Waals surface area contributed by atoms with Crippen molar-refractivity contribution < 1.29 is 19.7 Å². The van der Waals surface area contributed by atoms with Crippen LogP contribution < -0.4 is 14.8 Å². The van der Waals surface area contributed by atoms with Crippen LogP contribution in [-0.2, 0) is 0 Å². The van der Waals surface area contributed by atoms with Gasteiger partial charge in [0, 0.05) is 19.2 Å². The quantitative estimate of drug-likeness (QED) is 0.557. The number of hydrogen-bond donors (Lipinski definition) is 3. The molecule has 1 aromatic rings. The first-order chi connectivity index (χ1) is 8.76. The zero-order chi connectivity index (χ0) is 13.2. The molecule has 0 aliphatic rings. The number of ether oxygens (including phenoxy) is 2. The Morgan fingerprint density at radius 2 is 2.11 bits per heavy atom. The lowest BCUT2D eigenvalue weighted by atomic mass is 10.3. The standard InChI is InChI=1S/C13H21NO4/c1-17-12-4-2-5-13(8-12)18-10-11(16)9-14-6-3-7-15/h2,4-5,8,11,14-16H,3,6-7,9-10H2,1H3. The average molecular weight is 255 g/mol. The monoisotopic (exact) mass is 255 g/mol. The highest BCUT2D eigenvalue weighted by atomic mass is 16.5. The Kier molecular flexibility index (Phi) is 7.17. The van der Waals surface area contributed by atoms with Crippen LogP contribution in [0.15, 0.2) is 24.3 Å². The SMILES string of the molecule is COc1cccc(OCC(O)CNCCCO)c1. The van der Waals surface area contributed by atoms with Gasteiger partial charge in [-0.3, -0.25) is 0 Å². The van der Waals surface area contributed by atoms with Crippen molar-refractivity contribution in [2.75, 3.05) is 33.4 Å². The van der Waals surface area contributed by atoms with E-state index in [2.05, 4.69) is 5.32 Å². The van der Waals surface area contributed by atoms with Gasteiger partial charge in [0.2, 0.25) is 0 Å². The lowest BCUT2D eigenvalue weighted by Gasteiger charge is -2.13. The molecule has 3 N–H and O–H groups in total. The molecule has 1 aromatic carbocycles. The Morgan fingerprint density at radius 1 is 1.33 bits per heavy atom. The molecule has 0 radical (unpaired) electrons. The molecule has 1 rings (SSSR count). The zero-order valence-corrected chi connectivity index (χ0v) is 10.6. The Hall–Kier alpha value is -1.30. The summed E-state index contributed by atoms with van der Waals surface area (Å²) in [5.74, 6) is 1.40. The summed E-state index contributed by atoms with van der Waals surface area (Å²) in [6.07, 6.45) is 0.110. The normalized spacial score (nSPS) is 12.2. The third-order valence-electron chi connectivity index (χ3n) is 2.38. The van der Waals surface area contributed by atoms with E-state index in [9.17, 15) is 5.11 Å². The molecule has 1 unspecified atom stereocenters. The highest BCUT2D eigenvalue weighted by molar-refractivity contribution is 5.32. The number of rotatable bonds is 9. The lowest BCUT2D eigenvalue weighted by Crippen LogP contribution is -2.32. The van der Waals surface area contributed by atoms with Crippen molar-refractivity contribution in [3.8, 4) is 11.5 Å². The van der Waals surface area contributed by atoms with E-state index in [1.165, 1.54) is 0 Å². The predicted octanol–water partition coefficient (Wildman–Crippen LogP) is 0.407.